The highest BCUT2D eigenvalue weighted by Gasteiger charge is 2.35. The van der Waals surface area contributed by atoms with Crippen molar-refractivity contribution >= 4 is 21.9 Å². The van der Waals surface area contributed by atoms with Crippen LogP contribution in [0.2, 0.25) is 0 Å². The molecular weight excluding hydrogens is 272 g/mol. The molecule has 1 aliphatic heterocycles. The van der Waals surface area contributed by atoms with E-state index in [9.17, 15) is 18.0 Å². The number of nitrogens with zero attached hydrogens (tertiary/aromatic N) is 1. The highest BCUT2D eigenvalue weighted by molar-refractivity contribution is 7.89. The van der Waals surface area contributed by atoms with Crippen LogP contribution in [0.4, 0.5) is 0 Å². The van der Waals surface area contributed by atoms with Gasteiger partial charge in [-0.3, -0.25) is 9.59 Å². The molecule has 1 saturated heterocycles. The molecule has 110 valence electrons. The summed E-state index contributed by atoms with van der Waals surface area (Å²) < 4.78 is 25.0. The fourth-order valence-corrected chi connectivity index (χ4v) is 3.40. The van der Waals surface area contributed by atoms with Gasteiger partial charge in [-0.1, -0.05) is 6.42 Å². The topological polar surface area (TPSA) is 104 Å². The van der Waals surface area contributed by atoms with Crippen molar-refractivity contribution < 1.29 is 23.1 Å². The van der Waals surface area contributed by atoms with E-state index in [0.717, 1.165) is 12.8 Å². The van der Waals surface area contributed by atoms with Crippen LogP contribution in [0.1, 0.15) is 32.6 Å². The van der Waals surface area contributed by atoms with Gasteiger partial charge in [-0.05, 0) is 19.8 Å². The Morgan fingerprint density at radius 1 is 1.37 bits per heavy atom. The Labute approximate surface area is 113 Å². The minimum absolute atomic E-state index is 0.0185. The normalized spacial score (nSPS) is 21.0. The number of aliphatic carboxylic acids is 1. The molecule has 0 aliphatic carbocycles. The number of amides is 1. The minimum atomic E-state index is -3.40. The Morgan fingerprint density at radius 3 is 2.63 bits per heavy atom. The molecule has 1 rings (SSSR count). The lowest BCUT2D eigenvalue weighted by Gasteiger charge is -2.33. The molecule has 1 atom stereocenters. The Kier molecular flexibility index (Phi) is 5.74. The number of sulfonamides is 1. The summed E-state index contributed by atoms with van der Waals surface area (Å²) in [6, 6.07) is -0.701. The van der Waals surface area contributed by atoms with Crippen molar-refractivity contribution in [2.45, 2.75) is 38.6 Å². The van der Waals surface area contributed by atoms with Crippen LogP contribution in [0.15, 0.2) is 0 Å². The molecule has 0 radical (unpaired) electrons. The van der Waals surface area contributed by atoms with Gasteiger partial charge in [0.15, 0.2) is 0 Å². The molecule has 1 heterocycles. The molecule has 0 saturated carbocycles. The van der Waals surface area contributed by atoms with Gasteiger partial charge in [-0.2, -0.15) is 4.31 Å². The third kappa shape index (κ3) is 4.46. The number of rotatable bonds is 6. The van der Waals surface area contributed by atoms with E-state index >= 15 is 0 Å². The van der Waals surface area contributed by atoms with Crippen LogP contribution < -0.4 is 5.32 Å². The summed E-state index contributed by atoms with van der Waals surface area (Å²) in [5.74, 6) is -1.44. The number of nitrogens with one attached hydrogen (secondary N) is 1. The fourth-order valence-electron chi connectivity index (χ4n) is 2.08. The van der Waals surface area contributed by atoms with E-state index in [1.165, 1.54) is 4.31 Å². The van der Waals surface area contributed by atoms with Crippen molar-refractivity contribution in [1.29, 1.82) is 0 Å². The van der Waals surface area contributed by atoms with Crippen LogP contribution in [0.25, 0.3) is 0 Å². The van der Waals surface area contributed by atoms with Gasteiger partial charge in [-0.15, -0.1) is 0 Å². The molecule has 1 aliphatic rings. The predicted octanol–water partition coefficient (Wildman–Crippen LogP) is -0.218. The summed E-state index contributed by atoms with van der Waals surface area (Å²) in [6.07, 6.45) is 1.86. The number of carboxylic acids is 1. The van der Waals surface area contributed by atoms with Crippen molar-refractivity contribution in [3.05, 3.63) is 0 Å². The summed E-state index contributed by atoms with van der Waals surface area (Å²) in [6.45, 7) is 1.92. The first-order valence-corrected chi connectivity index (χ1v) is 7.98. The standard InChI is InChI=1S/C11H20N2O5S/c1-2-19(17,18)13-8-4-3-5-9(13)11(16)12-7-6-10(14)15/h9H,2-8H2,1H3,(H,12,16)(H,14,15)/t9-/m0/s1. The minimum Gasteiger partial charge on any atom is -0.481 e. The summed E-state index contributed by atoms with van der Waals surface area (Å²) in [7, 11) is -3.40. The molecule has 0 unspecified atom stereocenters. The van der Waals surface area contributed by atoms with Crippen LogP contribution in [-0.2, 0) is 19.6 Å². The zero-order valence-electron chi connectivity index (χ0n) is 11.0. The maximum Gasteiger partial charge on any atom is 0.305 e. The molecule has 8 heteroatoms. The Bertz CT molecular complexity index is 434. The highest BCUT2D eigenvalue weighted by atomic mass is 32.2. The monoisotopic (exact) mass is 292 g/mol. The Balaban J connectivity index is 2.66. The first-order valence-electron chi connectivity index (χ1n) is 6.37. The molecule has 1 amide bonds. The lowest BCUT2D eigenvalue weighted by molar-refractivity contribution is -0.137. The van der Waals surface area contributed by atoms with E-state index in [1.54, 1.807) is 6.92 Å². The first-order chi connectivity index (χ1) is 8.88. The summed E-state index contributed by atoms with van der Waals surface area (Å²) >= 11 is 0. The van der Waals surface area contributed by atoms with Crippen LogP contribution in [0, 0.1) is 0 Å². The SMILES string of the molecule is CCS(=O)(=O)N1CCCC[C@H]1C(=O)NCCC(=O)O. The predicted molar refractivity (Wildman–Crippen MR) is 69.1 cm³/mol. The molecule has 0 aromatic carbocycles. The maximum absolute atomic E-state index is 11.9. The fraction of sp³-hybridized carbons (Fsp3) is 0.818. The smallest absolute Gasteiger partial charge is 0.305 e. The van der Waals surface area contributed by atoms with E-state index in [2.05, 4.69) is 5.32 Å². The molecule has 19 heavy (non-hydrogen) atoms. The maximum atomic E-state index is 11.9. The lowest BCUT2D eigenvalue weighted by atomic mass is 10.0. The van der Waals surface area contributed by atoms with Gasteiger partial charge in [0.1, 0.15) is 6.04 Å². The largest absolute Gasteiger partial charge is 0.481 e. The molecule has 1 fully saturated rings. The van der Waals surface area contributed by atoms with Crippen molar-refractivity contribution in [3.63, 3.8) is 0 Å². The lowest BCUT2D eigenvalue weighted by Crippen LogP contribution is -2.52. The van der Waals surface area contributed by atoms with Gasteiger partial charge >= 0.3 is 5.97 Å². The number of hydrogen-bond acceptors (Lipinski definition) is 4. The van der Waals surface area contributed by atoms with Gasteiger partial charge in [0, 0.05) is 13.1 Å². The number of carbonyl (C=O) groups excluding carboxylic acids is 1. The second kappa shape index (κ2) is 6.85. The van der Waals surface area contributed by atoms with E-state index in [0.29, 0.717) is 13.0 Å². The van der Waals surface area contributed by atoms with Crippen molar-refractivity contribution in [1.82, 2.24) is 9.62 Å². The van der Waals surface area contributed by atoms with Crippen LogP contribution in [-0.4, -0.2) is 54.6 Å². The summed E-state index contributed by atoms with van der Waals surface area (Å²) in [5.41, 5.74) is 0. The molecule has 0 aromatic rings. The zero-order valence-corrected chi connectivity index (χ0v) is 11.8. The molecule has 7 nitrogen and oxygen atoms in total. The van der Waals surface area contributed by atoms with Crippen molar-refractivity contribution in [3.8, 4) is 0 Å². The molecule has 2 N–H and O–H groups in total. The van der Waals surface area contributed by atoms with Crippen LogP contribution in [0.5, 0.6) is 0 Å². The number of piperidine rings is 1. The van der Waals surface area contributed by atoms with Gasteiger partial charge in [-0.25, -0.2) is 8.42 Å². The van der Waals surface area contributed by atoms with Gasteiger partial charge in [0.05, 0.1) is 12.2 Å². The number of hydrogen-bond donors (Lipinski definition) is 2. The van der Waals surface area contributed by atoms with Gasteiger partial charge in [0.25, 0.3) is 0 Å². The Morgan fingerprint density at radius 2 is 2.05 bits per heavy atom. The quantitative estimate of drug-likeness (QED) is 0.704. The average Bonchev–Trinajstić information content (AvgIpc) is 2.38. The van der Waals surface area contributed by atoms with Crippen molar-refractivity contribution in [2.24, 2.45) is 0 Å². The molecular formula is C11H20N2O5S. The van der Waals surface area contributed by atoms with E-state index < -0.39 is 27.9 Å². The third-order valence-electron chi connectivity index (χ3n) is 3.12. The second-order valence-electron chi connectivity index (χ2n) is 4.46. The molecule has 0 aromatic heterocycles. The van der Waals surface area contributed by atoms with E-state index in [4.69, 9.17) is 5.11 Å². The van der Waals surface area contributed by atoms with Crippen LogP contribution in [0.3, 0.4) is 0 Å². The summed E-state index contributed by atoms with van der Waals surface area (Å²) in [5, 5.41) is 11.0. The molecule has 0 spiro atoms. The van der Waals surface area contributed by atoms with Crippen molar-refractivity contribution in [2.75, 3.05) is 18.8 Å². The van der Waals surface area contributed by atoms with Crippen LogP contribution >= 0.6 is 0 Å². The first kappa shape index (κ1) is 15.9. The van der Waals surface area contributed by atoms with Gasteiger partial charge < -0.3 is 10.4 Å². The van der Waals surface area contributed by atoms with E-state index in [-0.39, 0.29) is 18.7 Å². The molecule has 0 bridgehead atoms. The number of carbonyl (C=O) groups is 2. The second-order valence-corrected chi connectivity index (χ2v) is 6.67. The van der Waals surface area contributed by atoms with Gasteiger partial charge in [0.2, 0.25) is 15.9 Å². The Hall–Kier alpha value is -1.15. The zero-order chi connectivity index (χ0) is 14.5. The average molecular weight is 292 g/mol. The third-order valence-corrected chi connectivity index (χ3v) is 5.00. The number of carboxylic acid groups (broad SMARTS) is 1. The van der Waals surface area contributed by atoms with E-state index in [1.807, 2.05) is 0 Å². The highest BCUT2D eigenvalue weighted by Crippen LogP contribution is 2.20. The summed E-state index contributed by atoms with van der Waals surface area (Å²) in [4.78, 5) is 22.3.